The van der Waals surface area contributed by atoms with E-state index in [2.05, 4.69) is 5.32 Å². The first-order valence-corrected chi connectivity index (χ1v) is 11.9. The third-order valence-corrected chi connectivity index (χ3v) is 6.81. The van der Waals surface area contributed by atoms with Gasteiger partial charge >= 0.3 is 0 Å². The largest absolute Gasteiger partial charge is 0.463 e. The Bertz CT molecular complexity index is 1370. The normalized spacial score (nSPS) is 17.3. The van der Waals surface area contributed by atoms with Crippen molar-refractivity contribution in [2.24, 2.45) is 0 Å². The van der Waals surface area contributed by atoms with Crippen molar-refractivity contribution in [2.75, 3.05) is 0 Å². The van der Waals surface area contributed by atoms with Crippen molar-refractivity contribution in [1.82, 2.24) is 14.8 Å². The molecule has 1 aliphatic heterocycles. The van der Waals surface area contributed by atoms with Crippen molar-refractivity contribution in [1.29, 1.82) is 0 Å². The summed E-state index contributed by atoms with van der Waals surface area (Å²) in [5, 5.41) is 3.68. The van der Waals surface area contributed by atoms with Crippen molar-refractivity contribution in [3.63, 3.8) is 0 Å². The van der Waals surface area contributed by atoms with E-state index in [4.69, 9.17) is 16.0 Å². The molecule has 1 N–H and O–H groups in total. The fraction of sp³-hybridized carbons (Fsp3) is 0.214. The Morgan fingerprint density at radius 1 is 1.03 bits per heavy atom. The van der Waals surface area contributed by atoms with Crippen LogP contribution in [0.4, 0.5) is 0 Å². The van der Waals surface area contributed by atoms with Gasteiger partial charge in [-0.15, -0.1) is 0 Å². The van der Waals surface area contributed by atoms with Gasteiger partial charge in [-0.25, -0.2) is 0 Å². The number of amides is 2. The van der Waals surface area contributed by atoms with Gasteiger partial charge in [0.2, 0.25) is 5.91 Å². The molecule has 3 heterocycles. The Kier molecular flexibility index (Phi) is 5.99. The number of nitrogens with one attached hydrogen (secondary N) is 1. The third-order valence-electron chi connectivity index (χ3n) is 6.56. The van der Waals surface area contributed by atoms with Crippen LogP contribution in [-0.2, 0) is 24.4 Å². The lowest BCUT2D eigenvalue weighted by Gasteiger charge is -2.44. The Morgan fingerprint density at radius 3 is 2.51 bits per heavy atom. The average molecular weight is 488 g/mol. The molecule has 1 atom stereocenters. The van der Waals surface area contributed by atoms with E-state index in [1.807, 2.05) is 73.0 Å². The topological polar surface area (TPSA) is 67.5 Å². The maximum absolute atomic E-state index is 13.8. The van der Waals surface area contributed by atoms with E-state index in [9.17, 15) is 9.59 Å². The number of aromatic nitrogens is 1. The van der Waals surface area contributed by atoms with Gasteiger partial charge in [-0.1, -0.05) is 53.6 Å². The summed E-state index contributed by atoms with van der Waals surface area (Å²) in [6.07, 6.45) is 1.60. The lowest BCUT2D eigenvalue weighted by atomic mass is 9.93. The predicted octanol–water partition coefficient (Wildman–Crippen LogP) is 5.44. The highest BCUT2D eigenvalue weighted by molar-refractivity contribution is 6.30. The molecular formula is C28H26ClN3O3. The molecule has 7 heteroatoms. The molecule has 0 spiro atoms. The van der Waals surface area contributed by atoms with Gasteiger partial charge in [0, 0.05) is 18.1 Å². The minimum Gasteiger partial charge on any atom is -0.463 e. The van der Waals surface area contributed by atoms with Crippen LogP contribution in [0.15, 0.2) is 83.5 Å². The lowest BCUT2D eigenvalue weighted by Crippen LogP contribution is -2.63. The number of benzene rings is 2. The second-order valence-corrected chi connectivity index (χ2v) is 9.57. The van der Waals surface area contributed by atoms with Gasteiger partial charge in [-0.05, 0) is 61.4 Å². The Balaban J connectivity index is 1.50. The molecule has 2 amide bonds. The zero-order valence-electron chi connectivity index (χ0n) is 19.6. The van der Waals surface area contributed by atoms with E-state index in [1.54, 1.807) is 29.4 Å². The number of carbonyl (C=O) groups is 2. The van der Waals surface area contributed by atoms with Crippen LogP contribution in [0.5, 0.6) is 0 Å². The molecule has 2 aromatic carbocycles. The molecule has 35 heavy (non-hydrogen) atoms. The number of furan rings is 1. The van der Waals surface area contributed by atoms with Crippen molar-refractivity contribution in [3.05, 3.63) is 106 Å². The summed E-state index contributed by atoms with van der Waals surface area (Å²) in [6, 6.07) is 22.7. The van der Waals surface area contributed by atoms with E-state index in [-0.39, 0.29) is 11.8 Å². The van der Waals surface area contributed by atoms with Crippen molar-refractivity contribution < 1.29 is 14.0 Å². The molecule has 0 fully saturated rings. The Morgan fingerprint density at radius 2 is 1.80 bits per heavy atom. The summed E-state index contributed by atoms with van der Waals surface area (Å²) in [7, 11) is 0. The first kappa shape index (κ1) is 23.0. The highest BCUT2D eigenvalue weighted by Crippen LogP contribution is 2.34. The molecule has 0 bridgehead atoms. The zero-order valence-corrected chi connectivity index (χ0v) is 20.4. The van der Waals surface area contributed by atoms with E-state index in [1.165, 1.54) is 0 Å². The molecule has 2 aromatic heterocycles. The molecule has 178 valence electrons. The highest BCUT2D eigenvalue weighted by Gasteiger charge is 2.47. The summed E-state index contributed by atoms with van der Waals surface area (Å²) >= 11 is 5.99. The SMILES string of the molecule is Cc1cccc(CN2C(=O)c3ccc(-c4ccco4)n3C[C@@]2(C)C(=O)NCc2ccc(Cl)cc2)c1. The van der Waals surface area contributed by atoms with Crippen LogP contribution in [0.25, 0.3) is 11.5 Å². The number of nitrogens with zero attached hydrogens (tertiary/aromatic N) is 2. The number of fused-ring (bicyclic) bond motifs is 1. The van der Waals surface area contributed by atoms with E-state index >= 15 is 0 Å². The summed E-state index contributed by atoms with van der Waals surface area (Å²) in [5.74, 6) is 0.234. The first-order chi connectivity index (χ1) is 16.8. The van der Waals surface area contributed by atoms with E-state index in [0.29, 0.717) is 36.1 Å². The highest BCUT2D eigenvalue weighted by atomic mass is 35.5. The molecule has 5 rings (SSSR count). The summed E-state index contributed by atoms with van der Waals surface area (Å²) in [4.78, 5) is 29.2. The maximum atomic E-state index is 13.8. The standard InChI is InChI=1S/C28H26ClN3O3/c1-19-5-3-6-21(15-19)17-32-26(33)24-13-12-23(25-7-4-14-35-25)31(24)18-28(32,2)27(34)30-16-20-8-10-22(29)11-9-20/h3-15H,16-18H2,1-2H3,(H,30,34)/t28-/m0/s1. The number of hydrogen-bond acceptors (Lipinski definition) is 3. The van der Waals surface area contributed by atoms with Gasteiger partial charge in [0.05, 0.1) is 18.5 Å². The van der Waals surface area contributed by atoms with Gasteiger partial charge in [-0.2, -0.15) is 0 Å². The molecule has 6 nitrogen and oxygen atoms in total. The van der Waals surface area contributed by atoms with Crippen molar-refractivity contribution in [3.8, 4) is 11.5 Å². The summed E-state index contributed by atoms with van der Waals surface area (Å²) < 4.78 is 7.49. The van der Waals surface area contributed by atoms with Crippen LogP contribution in [0.3, 0.4) is 0 Å². The molecule has 4 aromatic rings. The molecule has 0 unspecified atom stereocenters. The fourth-order valence-electron chi connectivity index (χ4n) is 4.63. The Labute approximate surface area is 209 Å². The maximum Gasteiger partial charge on any atom is 0.271 e. The monoisotopic (exact) mass is 487 g/mol. The van der Waals surface area contributed by atoms with Gasteiger partial charge in [-0.3, -0.25) is 9.59 Å². The number of rotatable bonds is 6. The molecule has 0 saturated heterocycles. The summed E-state index contributed by atoms with van der Waals surface area (Å²) in [6.45, 7) is 4.80. The second-order valence-electron chi connectivity index (χ2n) is 9.13. The fourth-order valence-corrected chi connectivity index (χ4v) is 4.75. The van der Waals surface area contributed by atoms with E-state index < -0.39 is 5.54 Å². The number of aryl methyl sites for hydroxylation is 1. The molecule has 0 aliphatic carbocycles. The zero-order chi connectivity index (χ0) is 24.6. The van der Waals surface area contributed by atoms with Crippen molar-refractivity contribution in [2.45, 2.75) is 39.0 Å². The Hall–Kier alpha value is -3.77. The van der Waals surface area contributed by atoms with Crippen LogP contribution in [0, 0.1) is 6.92 Å². The van der Waals surface area contributed by atoms with Crippen LogP contribution >= 0.6 is 11.6 Å². The van der Waals surface area contributed by atoms with Crippen molar-refractivity contribution >= 4 is 23.4 Å². The minimum absolute atomic E-state index is 0.195. The quantitative estimate of drug-likeness (QED) is 0.393. The van der Waals surface area contributed by atoms with Gasteiger partial charge in [0.1, 0.15) is 17.0 Å². The first-order valence-electron chi connectivity index (χ1n) is 11.5. The van der Waals surface area contributed by atoms with E-state index in [0.717, 1.165) is 22.4 Å². The van der Waals surface area contributed by atoms with Crippen LogP contribution in [-0.4, -0.2) is 26.8 Å². The number of carbonyl (C=O) groups excluding carboxylic acids is 2. The summed E-state index contributed by atoms with van der Waals surface area (Å²) in [5.41, 5.74) is 3.18. The molecule has 1 aliphatic rings. The molecular weight excluding hydrogens is 462 g/mol. The van der Waals surface area contributed by atoms with Crippen LogP contribution in [0.2, 0.25) is 5.02 Å². The van der Waals surface area contributed by atoms with Gasteiger partial charge < -0.3 is 19.2 Å². The second kappa shape index (κ2) is 9.12. The lowest BCUT2D eigenvalue weighted by molar-refractivity contribution is -0.133. The smallest absolute Gasteiger partial charge is 0.271 e. The van der Waals surface area contributed by atoms with Gasteiger partial charge in [0.15, 0.2) is 0 Å². The average Bonchev–Trinajstić information content (AvgIpc) is 3.51. The van der Waals surface area contributed by atoms with Crippen LogP contribution in [0.1, 0.15) is 34.1 Å². The third kappa shape index (κ3) is 4.37. The minimum atomic E-state index is -1.12. The molecule has 0 radical (unpaired) electrons. The van der Waals surface area contributed by atoms with Gasteiger partial charge in [0.25, 0.3) is 5.91 Å². The predicted molar refractivity (Wildman–Crippen MR) is 135 cm³/mol. The van der Waals surface area contributed by atoms with Crippen LogP contribution < -0.4 is 5.32 Å². The molecule has 0 saturated carbocycles. The number of hydrogen-bond donors (Lipinski definition) is 1. The number of halogens is 1.